The van der Waals surface area contributed by atoms with E-state index in [1.165, 1.54) is 45.3 Å². The third-order valence-electron chi connectivity index (χ3n) is 2.82. The molecule has 21 heavy (non-hydrogen) atoms. The molecule has 0 spiro atoms. The van der Waals surface area contributed by atoms with E-state index in [0.717, 1.165) is 0 Å². The highest BCUT2D eigenvalue weighted by Crippen LogP contribution is 1.97. The van der Waals surface area contributed by atoms with Crippen molar-refractivity contribution in [3.63, 3.8) is 0 Å². The Morgan fingerprint density at radius 3 is 1.33 bits per heavy atom. The fourth-order valence-electron chi connectivity index (χ4n) is 1.90. The maximum absolute atomic E-state index is 5.22. The molecule has 0 saturated carbocycles. The van der Waals surface area contributed by atoms with Crippen LogP contribution in [0.25, 0.3) is 0 Å². The lowest BCUT2D eigenvalue weighted by atomic mass is 10.3. The van der Waals surface area contributed by atoms with Gasteiger partial charge in [0.2, 0.25) is 0 Å². The smallest absolute Gasteiger partial charge is 0.376 e. The van der Waals surface area contributed by atoms with Gasteiger partial charge in [0.1, 0.15) is 0 Å². The summed E-state index contributed by atoms with van der Waals surface area (Å²) in [5, 5.41) is 0. The standard InChI is InChI=1S/C10H23N.C6H16O3Si/c1-4-7-10-11(8-5-2)9-6-3;1-4-7-10(8-5-2)9-6-3/h4-10H2,1-3H3;10H,4-6H2,1-3H3. The molecule has 0 aromatic carbocycles. The minimum absolute atomic E-state index is 0.677. The second-order valence-corrected chi connectivity index (χ2v) is 6.43. The van der Waals surface area contributed by atoms with E-state index in [9.17, 15) is 0 Å². The second-order valence-electron chi connectivity index (χ2n) is 4.85. The molecule has 0 rings (SSSR count). The molecule has 0 unspecified atom stereocenters. The molecule has 0 aliphatic carbocycles. The van der Waals surface area contributed by atoms with Gasteiger partial charge in [-0.1, -0.05) is 27.2 Å². The molecule has 4 nitrogen and oxygen atoms in total. The summed E-state index contributed by atoms with van der Waals surface area (Å²) in [6, 6.07) is 0. The van der Waals surface area contributed by atoms with Crippen molar-refractivity contribution < 1.29 is 13.3 Å². The number of rotatable bonds is 13. The SMILES string of the molecule is CCCCN(CCC)CCC.CCO[SiH](OCC)OCC. The number of nitrogens with zero attached hydrogens (tertiary/aromatic N) is 1. The highest BCUT2D eigenvalue weighted by Gasteiger charge is 2.11. The van der Waals surface area contributed by atoms with Crippen molar-refractivity contribution in [2.45, 2.75) is 67.2 Å². The Bertz CT molecular complexity index is 165. The summed E-state index contributed by atoms with van der Waals surface area (Å²) >= 11 is 0. The van der Waals surface area contributed by atoms with Gasteiger partial charge < -0.3 is 18.2 Å². The number of hydrogen-bond donors (Lipinski definition) is 0. The topological polar surface area (TPSA) is 30.9 Å². The average Bonchev–Trinajstić information content (AvgIpc) is 2.47. The van der Waals surface area contributed by atoms with Crippen molar-refractivity contribution in [1.29, 1.82) is 0 Å². The van der Waals surface area contributed by atoms with Crippen LogP contribution in [0.15, 0.2) is 0 Å². The average molecular weight is 322 g/mol. The van der Waals surface area contributed by atoms with Crippen molar-refractivity contribution in [2.75, 3.05) is 39.5 Å². The van der Waals surface area contributed by atoms with E-state index in [0.29, 0.717) is 19.8 Å². The Hall–Kier alpha value is 0.0569. The third kappa shape index (κ3) is 18.0. The normalized spacial score (nSPS) is 10.9. The van der Waals surface area contributed by atoms with E-state index < -0.39 is 9.53 Å². The molecule has 0 aliphatic rings. The van der Waals surface area contributed by atoms with Crippen LogP contribution in [0.3, 0.4) is 0 Å². The highest BCUT2D eigenvalue weighted by atomic mass is 28.3. The first-order valence-corrected chi connectivity index (χ1v) is 10.2. The van der Waals surface area contributed by atoms with Gasteiger partial charge in [-0.15, -0.1) is 0 Å². The lowest BCUT2D eigenvalue weighted by molar-refractivity contribution is 0.107. The number of hydrogen-bond acceptors (Lipinski definition) is 4. The molecule has 0 atom stereocenters. The summed E-state index contributed by atoms with van der Waals surface area (Å²) in [4.78, 5) is 2.57. The van der Waals surface area contributed by atoms with E-state index >= 15 is 0 Å². The van der Waals surface area contributed by atoms with E-state index in [-0.39, 0.29) is 0 Å². The van der Waals surface area contributed by atoms with E-state index in [2.05, 4.69) is 25.7 Å². The van der Waals surface area contributed by atoms with E-state index in [1.54, 1.807) is 0 Å². The first-order chi connectivity index (χ1) is 10.2. The van der Waals surface area contributed by atoms with Gasteiger partial charge in [-0.3, -0.25) is 0 Å². The highest BCUT2D eigenvalue weighted by molar-refractivity contribution is 6.36. The summed E-state index contributed by atoms with van der Waals surface area (Å²) < 4.78 is 15.7. The molecule has 0 N–H and O–H groups in total. The predicted octanol–water partition coefficient (Wildman–Crippen LogP) is 3.72. The van der Waals surface area contributed by atoms with Gasteiger partial charge in [-0.2, -0.15) is 0 Å². The van der Waals surface area contributed by atoms with E-state index in [4.69, 9.17) is 13.3 Å². The first kappa shape index (κ1) is 23.3. The maximum atomic E-state index is 5.22. The molecule has 0 saturated heterocycles. The molecule has 0 heterocycles. The molecule has 0 aromatic heterocycles. The molecule has 0 aliphatic heterocycles. The summed E-state index contributed by atoms with van der Waals surface area (Å²) in [5.41, 5.74) is 0. The predicted molar refractivity (Wildman–Crippen MR) is 94.0 cm³/mol. The Balaban J connectivity index is 0. The van der Waals surface area contributed by atoms with Gasteiger partial charge in [0.05, 0.1) is 0 Å². The van der Waals surface area contributed by atoms with Gasteiger partial charge >= 0.3 is 9.53 Å². The molecule has 0 fully saturated rings. The Morgan fingerprint density at radius 2 is 1.05 bits per heavy atom. The molecule has 5 heteroatoms. The molecule has 0 radical (unpaired) electrons. The zero-order valence-corrected chi connectivity index (χ0v) is 16.5. The quantitative estimate of drug-likeness (QED) is 0.484. The molecular weight excluding hydrogens is 282 g/mol. The summed E-state index contributed by atoms with van der Waals surface area (Å²) in [7, 11) is -1.73. The zero-order chi connectivity index (χ0) is 16.3. The Kier molecular flexibility index (Phi) is 22.3. The fourth-order valence-corrected chi connectivity index (χ4v) is 3.01. The van der Waals surface area contributed by atoms with Gasteiger partial charge in [0.15, 0.2) is 0 Å². The van der Waals surface area contributed by atoms with Crippen LogP contribution in [0.1, 0.15) is 67.2 Å². The lowest BCUT2D eigenvalue weighted by Crippen LogP contribution is -2.27. The largest absolute Gasteiger partial charge is 0.484 e. The van der Waals surface area contributed by atoms with Crippen LogP contribution in [0, 0.1) is 0 Å². The third-order valence-corrected chi connectivity index (χ3v) is 4.63. The van der Waals surface area contributed by atoms with E-state index in [1.807, 2.05) is 20.8 Å². The number of unbranched alkanes of at least 4 members (excludes halogenated alkanes) is 1. The van der Waals surface area contributed by atoms with Crippen LogP contribution in [-0.4, -0.2) is 53.9 Å². The van der Waals surface area contributed by atoms with Crippen molar-refractivity contribution in [2.24, 2.45) is 0 Å². The second kappa shape index (κ2) is 20.1. The molecule has 130 valence electrons. The fraction of sp³-hybridized carbons (Fsp3) is 1.00. The van der Waals surface area contributed by atoms with Gasteiger partial charge in [0.25, 0.3) is 0 Å². The minimum atomic E-state index is -1.73. The Morgan fingerprint density at radius 1 is 0.619 bits per heavy atom. The summed E-state index contributed by atoms with van der Waals surface area (Å²) in [6.07, 6.45) is 5.28. The monoisotopic (exact) mass is 321 g/mol. The van der Waals surface area contributed by atoms with Crippen molar-refractivity contribution in [3.05, 3.63) is 0 Å². The van der Waals surface area contributed by atoms with Crippen molar-refractivity contribution in [1.82, 2.24) is 4.90 Å². The van der Waals surface area contributed by atoms with Crippen LogP contribution in [0.2, 0.25) is 0 Å². The van der Waals surface area contributed by atoms with Crippen molar-refractivity contribution >= 4 is 9.53 Å². The minimum Gasteiger partial charge on any atom is -0.376 e. The first-order valence-electron chi connectivity index (χ1n) is 8.76. The maximum Gasteiger partial charge on any atom is 0.484 e. The zero-order valence-electron chi connectivity index (χ0n) is 15.3. The van der Waals surface area contributed by atoms with Gasteiger partial charge in [-0.05, 0) is 59.7 Å². The summed E-state index contributed by atoms with van der Waals surface area (Å²) in [6.45, 7) is 18.5. The van der Waals surface area contributed by atoms with Crippen LogP contribution >= 0.6 is 0 Å². The molecule has 0 aromatic rings. The van der Waals surface area contributed by atoms with Crippen molar-refractivity contribution in [3.8, 4) is 0 Å². The van der Waals surface area contributed by atoms with Crippen LogP contribution < -0.4 is 0 Å². The van der Waals surface area contributed by atoms with Crippen LogP contribution in [0.4, 0.5) is 0 Å². The molecule has 0 bridgehead atoms. The molecular formula is C16H39NO3Si. The van der Waals surface area contributed by atoms with Crippen LogP contribution in [0.5, 0.6) is 0 Å². The summed E-state index contributed by atoms with van der Waals surface area (Å²) in [5.74, 6) is 0. The lowest BCUT2D eigenvalue weighted by Gasteiger charge is -2.20. The Labute approximate surface area is 135 Å². The van der Waals surface area contributed by atoms with Gasteiger partial charge in [-0.25, -0.2) is 0 Å². The van der Waals surface area contributed by atoms with Crippen LogP contribution in [-0.2, 0) is 13.3 Å². The molecule has 0 amide bonds. The van der Waals surface area contributed by atoms with Gasteiger partial charge in [0, 0.05) is 19.8 Å².